The molecule has 0 radical (unpaired) electrons. The largest absolute Gasteiger partial charge is 0.450 e. The van der Waals surface area contributed by atoms with Crippen molar-refractivity contribution in [3.8, 4) is 0 Å². The molecule has 0 unspecified atom stereocenters. The molecule has 1 aliphatic heterocycles. The Hall–Kier alpha value is -2.63. The molecule has 0 aliphatic carbocycles. The van der Waals surface area contributed by atoms with Crippen LogP contribution in [0.15, 0.2) is 30.3 Å². The van der Waals surface area contributed by atoms with E-state index < -0.39 is 0 Å². The van der Waals surface area contributed by atoms with Crippen LogP contribution >= 0.6 is 0 Å². The highest BCUT2D eigenvalue weighted by Gasteiger charge is 2.27. The van der Waals surface area contributed by atoms with Gasteiger partial charge in [0.25, 0.3) is 5.91 Å². The quantitative estimate of drug-likeness (QED) is 0.848. The zero-order valence-corrected chi connectivity index (χ0v) is 15.6. The minimum absolute atomic E-state index is 0.00555. The minimum atomic E-state index is -0.309. The summed E-state index contributed by atoms with van der Waals surface area (Å²) in [7, 11) is 0. The summed E-state index contributed by atoms with van der Waals surface area (Å²) < 4.78 is 5.04. The number of carbonyl (C=O) groups excluding carboxylic acids is 2. The number of aromatic nitrogens is 1. The summed E-state index contributed by atoms with van der Waals surface area (Å²) in [4.78, 5) is 33.1. The van der Waals surface area contributed by atoms with Crippen LogP contribution in [0.2, 0.25) is 0 Å². The van der Waals surface area contributed by atoms with E-state index >= 15 is 0 Å². The van der Waals surface area contributed by atoms with Crippen LogP contribution in [0.1, 0.15) is 42.7 Å². The van der Waals surface area contributed by atoms with Gasteiger partial charge in [-0.1, -0.05) is 32.0 Å². The summed E-state index contributed by atoms with van der Waals surface area (Å²) in [5, 5.41) is 0.870. The molecule has 2 aromatic rings. The Morgan fingerprint density at radius 3 is 2.42 bits per heavy atom. The maximum atomic E-state index is 13.2. The van der Waals surface area contributed by atoms with E-state index in [2.05, 4.69) is 18.8 Å². The molecule has 1 aromatic carbocycles. The molecular weight excluding hydrogens is 330 g/mol. The fourth-order valence-corrected chi connectivity index (χ4v) is 3.15. The predicted octanol–water partition coefficient (Wildman–Crippen LogP) is 3.27. The van der Waals surface area contributed by atoms with Gasteiger partial charge in [0.2, 0.25) is 0 Å². The van der Waals surface area contributed by atoms with E-state index in [-0.39, 0.29) is 17.9 Å². The number of para-hydroxylation sites is 1. The van der Waals surface area contributed by atoms with Gasteiger partial charge in [-0.15, -0.1) is 0 Å². The van der Waals surface area contributed by atoms with Crippen molar-refractivity contribution in [1.29, 1.82) is 0 Å². The molecule has 26 heavy (non-hydrogen) atoms. The average Bonchev–Trinajstić information content (AvgIpc) is 2.66. The van der Waals surface area contributed by atoms with Gasteiger partial charge in [-0.3, -0.25) is 9.78 Å². The second-order valence-electron chi connectivity index (χ2n) is 6.74. The van der Waals surface area contributed by atoms with E-state index in [4.69, 9.17) is 4.74 Å². The molecule has 2 heterocycles. The van der Waals surface area contributed by atoms with E-state index in [9.17, 15) is 9.59 Å². The number of nitrogens with zero attached hydrogens (tertiary/aromatic N) is 3. The number of hydrogen-bond acceptors (Lipinski definition) is 4. The molecule has 6 heteroatoms. The maximum absolute atomic E-state index is 13.2. The number of fused-ring (bicyclic) bond motifs is 1. The van der Waals surface area contributed by atoms with Crippen molar-refractivity contribution in [3.63, 3.8) is 0 Å². The van der Waals surface area contributed by atoms with Crippen molar-refractivity contribution in [2.75, 3.05) is 32.8 Å². The van der Waals surface area contributed by atoms with Crippen LogP contribution in [-0.2, 0) is 4.74 Å². The van der Waals surface area contributed by atoms with Gasteiger partial charge in [0.1, 0.15) is 0 Å². The Morgan fingerprint density at radius 1 is 1.12 bits per heavy atom. The van der Waals surface area contributed by atoms with Crippen LogP contribution < -0.4 is 0 Å². The zero-order chi connectivity index (χ0) is 18.7. The molecule has 0 atom stereocenters. The van der Waals surface area contributed by atoms with Gasteiger partial charge in [-0.25, -0.2) is 4.79 Å². The number of rotatable bonds is 3. The molecular formula is C20H25N3O3. The van der Waals surface area contributed by atoms with Crippen molar-refractivity contribution in [1.82, 2.24) is 14.8 Å². The second kappa shape index (κ2) is 7.72. The maximum Gasteiger partial charge on any atom is 0.409 e. The fraction of sp³-hybridized carbons (Fsp3) is 0.450. The molecule has 138 valence electrons. The van der Waals surface area contributed by atoms with Gasteiger partial charge in [-0.2, -0.15) is 0 Å². The first kappa shape index (κ1) is 18.2. The van der Waals surface area contributed by atoms with Crippen molar-refractivity contribution in [2.45, 2.75) is 26.7 Å². The third-order valence-corrected chi connectivity index (χ3v) is 4.65. The van der Waals surface area contributed by atoms with Crippen LogP contribution in [0.25, 0.3) is 10.9 Å². The Morgan fingerprint density at radius 2 is 1.77 bits per heavy atom. The molecule has 1 fully saturated rings. The number of benzene rings is 1. The lowest BCUT2D eigenvalue weighted by atomic mass is 10.0. The Balaban J connectivity index is 1.83. The number of carbonyl (C=O) groups is 2. The summed E-state index contributed by atoms with van der Waals surface area (Å²) in [6.45, 7) is 8.29. The SMILES string of the molecule is CCOC(=O)N1CCN(C(=O)c2cc(C(C)C)nc3ccccc23)CC1. The van der Waals surface area contributed by atoms with Crippen molar-refractivity contribution >= 4 is 22.9 Å². The zero-order valence-electron chi connectivity index (χ0n) is 15.6. The third-order valence-electron chi connectivity index (χ3n) is 4.65. The van der Waals surface area contributed by atoms with Crippen LogP contribution in [0.5, 0.6) is 0 Å². The van der Waals surface area contributed by atoms with Gasteiger partial charge in [0.15, 0.2) is 0 Å². The van der Waals surface area contributed by atoms with Crippen molar-refractivity contribution in [2.24, 2.45) is 0 Å². The molecule has 1 aromatic heterocycles. The lowest BCUT2D eigenvalue weighted by Crippen LogP contribution is -2.50. The third kappa shape index (κ3) is 3.64. The summed E-state index contributed by atoms with van der Waals surface area (Å²) in [6, 6.07) is 9.65. The van der Waals surface area contributed by atoms with Crippen LogP contribution in [0.4, 0.5) is 4.79 Å². The topological polar surface area (TPSA) is 62.7 Å². The smallest absolute Gasteiger partial charge is 0.409 e. The minimum Gasteiger partial charge on any atom is -0.450 e. The van der Waals surface area contributed by atoms with Crippen LogP contribution in [-0.4, -0.2) is 59.6 Å². The molecule has 3 rings (SSSR count). The van der Waals surface area contributed by atoms with Crippen molar-refractivity contribution < 1.29 is 14.3 Å². The number of amides is 2. The normalized spacial score (nSPS) is 14.8. The Bertz CT molecular complexity index is 811. The summed E-state index contributed by atoms with van der Waals surface area (Å²) in [6.07, 6.45) is -0.309. The average molecular weight is 355 g/mol. The lowest BCUT2D eigenvalue weighted by Gasteiger charge is -2.34. The molecule has 1 saturated heterocycles. The number of hydrogen-bond donors (Lipinski definition) is 0. The molecule has 0 spiro atoms. The summed E-state index contributed by atoms with van der Waals surface area (Å²) >= 11 is 0. The molecule has 0 saturated carbocycles. The number of ether oxygens (including phenoxy) is 1. The van der Waals surface area contributed by atoms with Crippen molar-refractivity contribution in [3.05, 3.63) is 41.6 Å². The molecule has 0 bridgehead atoms. The standard InChI is InChI=1S/C20H25N3O3/c1-4-26-20(25)23-11-9-22(10-12-23)19(24)16-13-18(14(2)3)21-17-8-6-5-7-15(16)17/h5-8,13-14H,4,9-12H2,1-3H3. The number of piperazine rings is 1. The number of pyridine rings is 1. The highest BCUT2D eigenvalue weighted by molar-refractivity contribution is 6.06. The van der Waals surface area contributed by atoms with E-state index in [1.54, 1.807) is 11.8 Å². The monoisotopic (exact) mass is 355 g/mol. The van der Waals surface area contributed by atoms with E-state index in [0.29, 0.717) is 38.3 Å². The first-order valence-electron chi connectivity index (χ1n) is 9.12. The van der Waals surface area contributed by atoms with E-state index in [0.717, 1.165) is 16.6 Å². The Kier molecular flexibility index (Phi) is 5.40. The van der Waals surface area contributed by atoms with Crippen LogP contribution in [0, 0.1) is 0 Å². The molecule has 0 N–H and O–H groups in total. The molecule has 1 aliphatic rings. The van der Waals surface area contributed by atoms with Gasteiger partial charge < -0.3 is 14.5 Å². The highest BCUT2D eigenvalue weighted by atomic mass is 16.6. The van der Waals surface area contributed by atoms with E-state index in [1.807, 2.05) is 35.2 Å². The summed E-state index contributed by atoms with van der Waals surface area (Å²) in [5.74, 6) is 0.237. The first-order valence-corrected chi connectivity index (χ1v) is 9.12. The van der Waals surface area contributed by atoms with Gasteiger partial charge >= 0.3 is 6.09 Å². The van der Waals surface area contributed by atoms with Gasteiger partial charge in [0.05, 0.1) is 17.7 Å². The Labute approximate surface area is 153 Å². The first-order chi connectivity index (χ1) is 12.5. The lowest BCUT2D eigenvalue weighted by molar-refractivity contribution is 0.0572. The summed E-state index contributed by atoms with van der Waals surface area (Å²) in [5.41, 5.74) is 2.44. The second-order valence-corrected chi connectivity index (χ2v) is 6.74. The van der Waals surface area contributed by atoms with Gasteiger partial charge in [-0.05, 0) is 25.0 Å². The van der Waals surface area contributed by atoms with E-state index in [1.165, 1.54) is 0 Å². The fourth-order valence-electron chi connectivity index (χ4n) is 3.15. The highest BCUT2D eigenvalue weighted by Crippen LogP contribution is 2.24. The molecule has 2 amide bonds. The predicted molar refractivity (Wildman–Crippen MR) is 100 cm³/mol. The molecule has 6 nitrogen and oxygen atoms in total. The van der Waals surface area contributed by atoms with Crippen LogP contribution in [0.3, 0.4) is 0 Å². The van der Waals surface area contributed by atoms with Gasteiger partial charge in [0, 0.05) is 37.3 Å².